The van der Waals surface area contributed by atoms with E-state index in [1.54, 1.807) is 5.56 Å². The predicted octanol–water partition coefficient (Wildman–Crippen LogP) is 5.81. The van der Waals surface area contributed by atoms with Crippen molar-refractivity contribution in [1.29, 1.82) is 0 Å². The average molecular weight is 463 g/mol. The summed E-state index contributed by atoms with van der Waals surface area (Å²) in [5.74, 6) is 0.178. The van der Waals surface area contributed by atoms with Gasteiger partial charge in [0, 0.05) is 25.3 Å². The standard InChI is InChI=1S/C19H27NO2.C11H15N/c1-15(20-18(22)9-6-14-21)17-8-5-7-16(10-11-17)12-13-19(2,3)4;1-12-8-4-7-10-5-2-3-6-11(10)9-12/h5,7-8,10-16H,6,9H2,1-4H3,(H,20,22);2-3,5-6H,4,7-9H2,1H3/b13-12+;. The minimum Gasteiger partial charge on any atom is -0.350 e. The molecule has 0 bridgehead atoms. The first-order valence-corrected chi connectivity index (χ1v) is 12.4. The van der Waals surface area contributed by atoms with Gasteiger partial charge in [0.15, 0.2) is 0 Å². The van der Waals surface area contributed by atoms with Crippen LogP contribution in [0.3, 0.4) is 0 Å². The fourth-order valence-electron chi connectivity index (χ4n) is 3.91. The van der Waals surface area contributed by atoms with Crippen molar-refractivity contribution < 1.29 is 9.59 Å². The lowest BCUT2D eigenvalue weighted by Gasteiger charge is -2.14. The van der Waals surface area contributed by atoms with E-state index in [1.807, 2.05) is 19.1 Å². The van der Waals surface area contributed by atoms with Crippen molar-refractivity contribution >= 4 is 12.2 Å². The highest BCUT2D eigenvalue weighted by Crippen LogP contribution is 2.20. The summed E-state index contributed by atoms with van der Waals surface area (Å²) in [6.07, 6.45) is 18.6. The van der Waals surface area contributed by atoms with E-state index in [0.29, 0.717) is 0 Å². The summed E-state index contributed by atoms with van der Waals surface area (Å²) >= 11 is 0. The number of nitrogens with one attached hydrogen (secondary N) is 1. The van der Waals surface area contributed by atoms with Crippen molar-refractivity contribution in [2.45, 2.75) is 66.0 Å². The molecule has 0 fully saturated rings. The molecule has 0 saturated carbocycles. The van der Waals surface area contributed by atoms with Gasteiger partial charge >= 0.3 is 0 Å². The van der Waals surface area contributed by atoms with Crippen molar-refractivity contribution in [3.63, 3.8) is 0 Å². The zero-order chi connectivity index (χ0) is 25.0. The number of hydrogen-bond donors (Lipinski definition) is 1. The summed E-state index contributed by atoms with van der Waals surface area (Å²) in [6, 6.07) is 8.72. The van der Waals surface area contributed by atoms with Crippen LogP contribution in [0.5, 0.6) is 0 Å². The van der Waals surface area contributed by atoms with Gasteiger partial charge in [-0.3, -0.25) is 4.79 Å². The normalized spacial score (nSPS) is 19.2. The Labute approximate surface area is 206 Å². The molecule has 0 aromatic heterocycles. The fourth-order valence-corrected chi connectivity index (χ4v) is 3.91. The monoisotopic (exact) mass is 462 g/mol. The van der Waals surface area contributed by atoms with Crippen molar-refractivity contribution in [3.8, 4) is 0 Å². The molecule has 1 aliphatic heterocycles. The van der Waals surface area contributed by atoms with Crippen LogP contribution < -0.4 is 5.32 Å². The minimum absolute atomic E-state index is 0.0644. The van der Waals surface area contributed by atoms with Crippen LogP contribution in [0.4, 0.5) is 0 Å². The van der Waals surface area contributed by atoms with Crippen molar-refractivity contribution in [1.82, 2.24) is 10.2 Å². The van der Waals surface area contributed by atoms with E-state index in [2.05, 4.69) is 92.7 Å². The molecule has 1 amide bonds. The molecule has 4 nitrogen and oxygen atoms in total. The molecule has 4 heteroatoms. The van der Waals surface area contributed by atoms with E-state index in [4.69, 9.17) is 0 Å². The molecule has 0 radical (unpaired) electrons. The van der Waals surface area contributed by atoms with Crippen LogP contribution in [0, 0.1) is 11.3 Å². The number of hydrogen-bond acceptors (Lipinski definition) is 3. The van der Waals surface area contributed by atoms with Crippen LogP contribution in [0.15, 0.2) is 72.4 Å². The second kappa shape index (κ2) is 13.9. The van der Waals surface area contributed by atoms with Crippen molar-refractivity contribution in [3.05, 3.63) is 83.5 Å². The molecule has 2 atom stereocenters. The predicted molar refractivity (Wildman–Crippen MR) is 142 cm³/mol. The molecule has 1 aliphatic carbocycles. The highest BCUT2D eigenvalue weighted by atomic mass is 16.1. The molecule has 2 aliphatic rings. The lowest BCUT2D eigenvalue weighted by Crippen LogP contribution is -2.33. The maximum atomic E-state index is 11.7. The third-order valence-corrected chi connectivity index (χ3v) is 5.86. The maximum absolute atomic E-state index is 11.7. The second-order valence-corrected chi connectivity index (χ2v) is 10.3. The summed E-state index contributed by atoms with van der Waals surface area (Å²) in [4.78, 5) is 24.4. The Morgan fingerprint density at radius 1 is 1.21 bits per heavy atom. The number of fused-ring (bicyclic) bond motifs is 1. The molecule has 0 spiro atoms. The number of aldehydes is 1. The van der Waals surface area contributed by atoms with Gasteiger partial charge in [-0.1, -0.05) is 87.6 Å². The summed E-state index contributed by atoms with van der Waals surface area (Å²) in [5, 5.41) is 2.91. The summed E-state index contributed by atoms with van der Waals surface area (Å²) < 4.78 is 0. The van der Waals surface area contributed by atoms with Gasteiger partial charge in [0.2, 0.25) is 5.91 Å². The van der Waals surface area contributed by atoms with Gasteiger partial charge in [-0.25, -0.2) is 0 Å². The van der Waals surface area contributed by atoms with Crippen molar-refractivity contribution in [2.24, 2.45) is 11.3 Å². The Morgan fingerprint density at radius 2 is 1.94 bits per heavy atom. The zero-order valence-corrected chi connectivity index (χ0v) is 21.6. The van der Waals surface area contributed by atoms with Gasteiger partial charge in [0.05, 0.1) is 6.04 Å². The van der Waals surface area contributed by atoms with E-state index in [1.165, 1.54) is 24.9 Å². The number of allylic oxidation sites excluding steroid dienone is 6. The van der Waals surface area contributed by atoms with Crippen LogP contribution in [-0.4, -0.2) is 36.7 Å². The lowest BCUT2D eigenvalue weighted by atomic mass is 9.94. The summed E-state index contributed by atoms with van der Waals surface area (Å²) in [5.41, 5.74) is 4.28. The number of carbonyl (C=O) groups is 2. The zero-order valence-electron chi connectivity index (χ0n) is 21.6. The molecular formula is C30H42N2O2. The Morgan fingerprint density at radius 3 is 2.65 bits per heavy atom. The molecule has 2 unspecified atom stereocenters. The molecule has 1 heterocycles. The Hall–Kier alpha value is -2.72. The smallest absolute Gasteiger partial charge is 0.220 e. The third-order valence-electron chi connectivity index (χ3n) is 5.86. The Kier molecular flexibility index (Phi) is 11.2. The van der Waals surface area contributed by atoms with Crippen LogP contribution in [0.25, 0.3) is 0 Å². The highest BCUT2D eigenvalue weighted by Gasteiger charge is 2.12. The van der Waals surface area contributed by atoms with Crippen LogP contribution >= 0.6 is 0 Å². The molecule has 34 heavy (non-hydrogen) atoms. The van der Waals surface area contributed by atoms with Crippen LogP contribution in [-0.2, 0) is 22.6 Å². The Balaban J connectivity index is 0.000000283. The van der Waals surface area contributed by atoms with Crippen molar-refractivity contribution in [2.75, 3.05) is 13.6 Å². The molecule has 3 rings (SSSR count). The number of aryl methyl sites for hydroxylation is 1. The number of carbonyl (C=O) groups excluding carboxylic acids is 2. The van der Waals surface area contributed by atoms with Gasteiger partial charge in [-0.2, -0.15) is 0 Å². The topological polar surface area (TPSA) is 49.4 Å². The van der Waals surface area contributed by atoms with Gasteiger partial charge in [0.1, 0.15) is 6.29 Å². The third kappa shape index (κ3) is 10.5. The van der Waals surface area contributed by atoms with E-state index in [9.17, 15) is 9.59 Å². The number of amides is 1. The minimum atomic E-state index is -0.0914. The van der Waals surface area contributed by atoms with E-state index in [0.717, 1.165) is 18.4 Å². The first kappa shape index (κ1) is 27.5. The molecule has 1 N–H and O–H groups in total. The average Bonchev–Trinajstić information content (AvgIpc) is 3.13. The van der Waals surface area contributed by atoms with Gasteiger partial charge < -0.3 is 15.0 Å². The molecule has 0 saturated heterocycles. The summed E-state index contributed by atoms with van der Waals surface area (Å²) in [6.45, 7) is 10.8. The molecule has 184 valence electrons. The number of benzene rings is 1. The number of rotatable bonds is 6. The fraction of sp³-hybridized carbons (Fsp3) is 0.467. The highest BCUT2D eigenvalue weighted by molar-refractivity contribution is 5.78. The molecule has 1 aromatic carbocycles. The lowest BCUT2D eigenvalue weighted by molar-refractivity contribution is -0.122. The number of nitrogens with zero attached hydrogens (tertiary/aromatic N) is 1. The molecular weight excluding hydrogens is 420 g/mol. The Bertz CT molecular complexity index is 918. The van der Waals surface area contributed by atoms with Crippen LogP contribution in [0.2, 0.25) is 0 Å². The quantitative estimate of drug-likeness (QED) is 0.429. The second-order valence-electron chi connectivity index (χ2n) is 10.3. The largest absolute Gasteiger partial charge is 0.350 e. The van der Waals surface area contributed by atoms with Gasteiger partial charge in [-0.15, -0.1) is 0 Å². The SMILES string of the molecule is CC(NC(=O)CCC=O)C1=CC=CC(/C=C/C(C)(C)C)C=C1.CN1CCCc2ccccc2C1. The van der Waals surface area contributed by atoms with Crippen LogP contribution in [0.1, 0.15) is 58.1 Å². The van der Waals surface area contributed by atoms with Gasteiger partial charge in [-0.05, 0) is 55.5 Å². The van der Waals surface area contributed by atoms with E-state index in [-0.39, 0.29) is 36.1 Å². The molecule has 1 aromatic rings. The maximum Gasteiger partial charge on any atom is 0.220 e. The van der Waals surface area contributed by atoms with E-state index < -0.39 is 0 Å². The first-order chi connectivity index (χ1) is 16.2. The van der Waals surface area contributed by atoms with Gasteiger partial charge in [0.25, 0.3) is 0 Å². The van der Waals surface area contributed by atoms with E-state index >= 15 is 0 Å². The summed E-state index contributed by atoms with van der Waals surface area (Å²) in [7, 11) is 2.20. The first-order valence-electron chi connectivity index (χ1n) is 12.4.